The standard InChI is InChI=1S/C15H19NO2S2/c1-2-3-6-14(17)16-10-11-7-8-13(20-11)15(18)12-5-4-9-19-12/h4-5,7-9,15,18H,2-3,6,10H2,1H3,(H,16,17). The lowest BCUT2D eigenvalue weighted by atomic mass is 10.2. The van der Waals surface area contributed by atoms with Crippen LogP contribution in [0.25, 0.3) is 0 Å². The number of thiophene rings is 2. The van der Waals surface area contributed by atoms with E-state index in [-0.39, 0.29) is 5.91 Å². The number of nitrogens with one attached hydrogen (secondary N) is 1. The quantitative estimate of drug-likeness (QED) is 0.819. The van der Waals surface area contributed by atoms with Crippen LogP contribution in [0.4, 0.5) is 0 Å². The molecule has 2 aromatic rings. The Morgan fingerprint density at radius 1 is 1.35 bits per heavy atom. The van der Waals surface area contributed by atoms with Gasteiger partial charge in [0.15, 0.2) is 0 Å². The second-order valence-corrected chi connectivity index (χ2v) is 6.78. The topological polar surface area (TPSA) is 49.3 Å². The fraction of sp³-hybridized carbons (Fsp3) is 0.400. The molecule has 3 nitrogen and oxygen atoms in total. The van der Waals surface area contributed by atoms with Gasteiger partial charge in [-0.1, -0.05) is 19.4 Å². The van der Waals surface area contributed by atoms with E-state index in [1.54, 1.807) is 22.7 Å². The zero-order valence-electron chi connectivity index (χ0n) is 11.5. The van der Waals surface area contributed by atoms with Crippen molar-refractivity contribution in [1.29, 1.82) is 0 Å². The summed E-state index contributed by atoms with van der Waals surface area (Å²) in [5, 5.41) is 15.1. The Labute approximate surface area is 127 Å². The van der Waals surface area contributed by atoms with E-state index in [1.807, 2.05) is 29.6 Å². The van der Waals surface area contributed by atoms with E-state index in [0.29, 0.717) is 13.0 Å². The number of carbonyl (C=O) groups is 1. The van der Waals surface area contributed by atoms with Crippen molar-refractivity contribution in [2.45, 2.75) is 38.8 Å². The van der Waals surface area contributed by atoms with Gasteiger partial charge in [0, 0.05) is 21.1 Å². The first-order valence-corrected chi connectivity index (χ1v) is 8.47. The molecule has 0 aliphatic carbocycles. The number of hydrogen-bond donors (Lipinski definition) is 2. The van der Waals surface area contributed by atoms with Crippen LogP contribution in [-0.2, 0) is 11.3 Å². The van der Waals surface area contributed by atoms with E-state index in [2.05, 4.69) is 12.2 Å². The Hall–Kier alpha value is -1.17. The minimum Gasteiger partial charge on any atom is -0.382 e. The number of aliphatic hydroxyl groups excluding tert-OH is 1. The maximum absolute atomic E-state index is 11.5. The van der Waals surface area contributed by atoms with Crippen LogP contribution in [0.5, 0.6) is 0 Å². The van der Waals surface area contributed by atoms with Crippen LogP contribution in [0, 0.1) is 0 Å². The molecule has 108 valence electrons. The molecule has 1 unspecified atom stereocenters. The lowest BCUT2D eigenvalue weighted by Crippen LogP contribution is -2.21. The third-order valence-corrected chi connectivity index (χ3v) is 5.04. The van der Waals surface area contributed by atoms with Gasteiger partial charge in [-0.05, 0) is 30.0 Å². The predicted molar refractivity (Wildman–Crippen MR) is 84.1 cm³/mol. The van der Waals surface area contributed by atoms with Crippen molar-refractivity contribution >= 4 is 28.6 Å². The SMILES string of the molecule is CCCCC(=O)NCc1ccc(C(O)c2cccs2)s1. The zero-order valence-corrected chi connectivity index (χ0v) is 13.1. The highest BCUT2D eigenvalue weighted by Crippen LogP contribution is 2.30. The van der Waals surface area contributed by atoms with Crippen molar-refractivity contribution in [1.82, 2.24) is 5.32 Å². The summed E-state index contributed by atoms with van der Waals surface area (Å²) >= 11 is 3.10. The van der Waals surface area contributed by atoms with Crippen LogP contribution in [0.1, 0.15) is 46.9 Å². The molecular formula is C15H19NO2S2. The molecule has 0 aliphatic heterocycles. The van der Waals surface area contributed by atoms with Crippen LogP contribution in [0.15, 0.2) is 29.6 Å². The summed E-state index contributed by atoms with van der Waals surface area (Å²) in [6.07, 6.45) is 2.00. The summed E-state index contributed by atoms with van der Waals surface area (Å²) < 4.78 is 0. The summed E-state index contributed by atoms with van der Waals surface area (Å²) in [5.74, 6) is 0.0978. The van der Waals surface area contributed by atoms with Gasteiger partial charge in [-0.3, -0.25) is 4.79 Å². The van der Waals surface area contributed by atoms with Crippen molar-refractivity contribution < 1.29 is 9.90 Å². The average Bonchev–Trinajstić information content (AvgIpc) is 3.12. The van der Waals surface area contributed by atoms with Gasteiger partial charge in [0.2, 0.25) is 5.91 Å². The third kappa shape index (κ3) is 4.16. The molecule has 20 heavy (non-hydrogen) atoms. The normalized spacial score (nSPS) is 12.3. The van der Waals surface area contributed by atoms with Gasteiger partial charge < -0.3 is 10.4 Å². The van der Waals surface area contributed by atoms with Crippen molar-refractivity contribution in [3.63, 3.8) is 0 Å². The van der Waals surface area contributed by atoms with Crippen LogP contribution >= 0.6 is 22.7 Å². The third-order valence-electron chi connectivity index (χ3n) is 2.98. The van der Waals surface area contributed by atoms with E-state index >= 15 is 0 Å². The number of aliphatic hydroxyl groups is 1. The molecule has 2 heterocycles. The van der Waals surface area contributed by atoms with Gasteiger partial charge in [0.1, 0.15) is 6.10 Å². The fourth-order valence-corrected chi connectivity index (χ4v) is 3.59. The molecule has 1 atom stereocenters. The van der Waals surface area contributed by atoms with Gasteiger partial charge in [0.05, 0.1) is 6.54 Å². The van der Waals surface area contributed by atoms with Crippen LogP contribution in [0.3, 0.4) is 0 Å². The van der Waals surface area contributed by atoms with E-state index in [0.717, 1.165) is 27.5 Å². The van der Waals surface area contributed by atoms with Gasteiger partial charge in [-0.2, -0.15) is 0 Å². The molecule has 0 fully saturated rings. The summed E-state index contributed by atoms with van der Waals surface area (Å²) in [7, 11) is 0. The Bertz CT molecular complexity index is 534. The van der Waals surface area contributed by atoms with Crippen LogP contribution in [0.2, 0.25) is 0 Å². The van der Waals surface area contributed by atoms with Gasteiger partial charge in [0.25, 0.3) is 0 Å². The number of carbonyl (C=O) groups excluding carboxylic acids is 1. The number of amides is 1. The summed E-state index contributed by atoms with van der Waals surface area (Å²) in [6.45, 7) is 2.62. The van der Waals surface area contributed by atoms with Gasteiger partial charge in [-0.15, -0.1) is 22.7 Å². The van der Waals surface area contributed by atoms with Gasteiger partial charge in [-0.25, -0.2) is 0 Å². The Morgan fingerprint density at radius 3 is 2.90 bits per heavy atom. The molecule has 2 N–H and O–H groups in total. The zero-order chi connectivity index (χ0) is 14.4. The number of rotatable bonds is 7. The molecule has 0 aromatic carbocycles. The highest BCUT2D eigenvalue weighted by Gasteiger charge is 2.14. The minimum atomic E-state index is -0.551. The van der Waals surface area contributed by atoms with E-state index < -0.39 is 6.10 Å². The monoisotopic (exact) mass is 309 g/mol. The molecule has 0 spiro atoms. The largest absolute Gasteiger partial charge is 0.382 e. The number of unbranched alkanes of at least 4 members (excludes halogenated alkanes) is 1. The first-order chi connectivity index (χ1) is 9.70. The smallest absolute Gasteiger partial charge is 0.220 e. The Balaban J connectivity index is 1.88. The molecule has 0 saturated carbocycles. The Morgan fingerprint density at radius 2 is 2.20 bits per heavy atom. The molecule has 0 aliphatic rings. The van der Waals surface area contributed by atoms with Crippen molar-refractivity contribution in [2.75, 3.05) is 0 Å². The molecule has 0 bridgehead atoms. The summed E-state index contributed by atoms with van der Waals surface area (Å²) in [6, 6.07) is 7.77. The molecule has 0 saturated heterocycles. The first-order valence-electron chi connectivity index (χ1n) is 6.77. The van der Waals surface area contributed by atoms with Crippen LogP contribution in [-0.4, -0.2) is 11.0 Å². The molecule has 5 heteroatoms. The van der Waals surface area contributed by atoms with Crippen molar-refractivity contribution in [3.05, 3.63) is 44.3 Å². The fourth-order valence-electron chi connectivity index (χ4n) is 1.83. The van der Waals surface area contributed by atoms with E-state index in [9.17, 15) is 9.90 Å². The highest BCUT2D eigenvalue weighted by molar-refractivity contribution is 7.12. The summed E-state index contributed by atoms with van der Waals surface area (Å²) in [5.41, 5.74) is 0. The van der Waals surface area contributed by atoms with Crippen molar-refractivity contribution in [2.24, 2.45) is 0 Å². The average molecular weight is 309 g/mol. The maximum Gasteiger partial charge on any atom is 0.220 e. The van der Waals surface area contributed by atoms with Gasteiger partial charge >= 0.3 is 0 Å². The van der Waals surface area contributed by atoms with Crippen molar-refractivity contribution in [3.8, 4) is 0 Å². The molecule has 1 amide bonds. The molecular weight excluding hydrogens is 290 g/mol. The van der Waals surface area contributed by atoms with E-state index in [1.165, 1.54) is 0 Å². The molecule has 0 radical (unpaired) electrons. The van der Waals surface area contributed by atoms with Crippen LogP contribution < -0.4 is 5.32 Å². The lowest BCUT2D eigenvalue weighted by molar-refractivity contribution is -0.121. The molecule has 2 aromatic heterocycles. The maximum atomic E-state index is 11.5. The first kappa shape index (κ1) is 15.2. The predicted octanol–water partition coefficient (Wildman–Crippen LogP) is 3.70. The number of hydrogen-bond acceptors (Lipinski definition) is 4. The highest BCUT2D eigenvalue weighted by atomic mass is 32.1. The lowest BCUT2D eigenvalue weighted by Gasteiger charge is -2.05. The second-order valence-electron chi connectivity index (χ2n) is 4.60. The summed E-state index contributed by atoms with van der Waals surface area (Å²) in [4.78, 5) is 14.5. The second kappa shape index (κ2) is 7.57. The Kier molecular flexibility index (Phi) is 5.76. The molecule has 2 rings (SSSR count). The minimum absolute atomic E-state index is 0.0978. The van der Waals surface area contributed by atoms with E-state index in [4.69, 9.17) is 0 Å².